The van der Waals surface area contributed by atoms with Crippen LogP contribution < -0.4 is 0 Å². The van der Waals surface area contributed by atoms with Gasteiger partial charge in [-0.05, 0) is 49.4 Å². The second-order valence-corrected chi connectivity index (χ2v) is 8.26. The number of allylic oxidation sites excluding steroid dienone is 4. The van der Waals surface area contributed by atoms with Crippen LogP contribution in [0.4, 0.5) is 0 Å². The van der Waals surface area contributed by atoms with E-state index >= 15 is 0 Å². The van der Waals surface area contributed by atoms with E-state index in [4.69, 9.17) is 5.26 Å². The van der Waals surface area contributed by atoms with Crippen LogP contribution in [-0.2, 0) is 0 Å². The van der Waals surface area contributed by atoms with Crippen LogP contribution in [0.2, 0.25) is 0 Å². The molecule has 2 aliphatic rings. The van der Waals surface area contributed by atoms with E-state index in [1.165, 1.54) is 83.5 Å². The lowest BCUT2D eigenvalue weighted by Crippen LogP contribution is -2.17. The second-order valence-electron chi connectivity index (χ2n) is 8.26. The third-order valence-electron chi connectivity index (χ3n) is 6.47. The van der Waals surface area contributed by atoms with Gasteiger partial charge in [0.2, 0.25) is 0 Å². The number of nitrogens with zero attached hydrogens (tertiary/aromatic N) is 1. The van der Waals surface area contributed by atoms with Crippen LogP contribution in [0.3, 0.4) is 0 Å². The predicted octanol–water partition coefficient (Wildman–Crippen LogP) is 7.21. The molecular weight excluding hydrogens is 290 g/mol. The fourth-order valence-corrected chi connectivity index (χ4v) is 4.76. The summed E-state index contributed by atoms with van der Waals surface area (Å²) in [4.78, 5) is 0. The normalized spacial score (nSPS) is 31.5. The van der Waals surface area contributed by atoms with Crippen LogP contribution in [-0.4, -0.2) is 0 Å². The Morgan fingerprint density at radius 1 is 0.792 bits per heavy atom. The molecule has 0 unspecified atom stereocenters. The average molecular weight is 328 g/mol. The molecule has 0 aromatic heterocycles. The minimum atomic E-state index is 0.749. The van der Waals surface area contributed by atoms with E-state index in [2.05, 4.69) is 19.1 Å². The molecule has 0 aromatic carbocycles. The highest BCUT2D eigenvalue weighted by atomic mass is 14.3. The molecule has 2 rings (SSSR count). The molecule has 24 heavy (non-hydrogen) atoms. The quantitative estimate of drug-likeness (QED) is 0.341. The Bertz CT molecular complexity index is 412. The number of hydrogen-bond donors (Lipinski definition) is 0. The van der Waals surface area contributed by atoms with E-state index in [9.17, 15) is 0 Å². The lowest BCUT2D eigenvalue weighted by molar-refractivity contribution is 0.220. The predicted molar refractivity (Wildman–Crippen MR) is 104 cm³/mol. The third-order valence-corrected chi connectivity index (χ3v) is 6.47. The molecule has 2 saturated carbocycles. The summed E-state index contributed by atoms with van der Waals surface area (Å²) in [5.74, 6) is 3.83. The molecule has 0 saturated heterocycles. The van der Waals surface area contributed by atoms with E-state index in [-0.39, 0.29) is 0 Å². The van der Waals surface area contributed by atoms with Crippen molar-refractivity contribution in [1.29, 1.82) is 5.26 Å². The number of unbranched alkanes of at least 4 members (excludes halogenated alkanes) is 1. The van der Waals surface area contributed by atoms with E-state index in [1.807, 2.05) is 12.1 Å². The van der Waals surface area contributed by atoms with Gasteiger partial charge >= 0.3 is 0 Å². The van der Waals surface area contributed by atoms with Gasteiger partial charge in [-0.3, -0.25) is 0 Å². The Labute approximate surface area is 150 Å². The lowest BCUT2D eigenvalue weighted by atomic mass is 9.75. The van der Waals surface area contributed by atoms with Crippen molar-refractivity contribution in [2.45, 2.75) is 90.4 Å². The van der Waals surface area contributed by atoms with Gasteiger partial charge in [-0.2, -0.15) is 5.26 Å². The molecule has 0 amide bonds. The topological polar surface area (TPSA) is 23.8 Å². The average Bonchev–Trinajstić information content (AvgIpc) is 2.64. The van der Waals surface area contributed by atoms with Crippen molar-refractivity contribution in [3.63, 3.8) is 0 Å². The zero-order chi connectivity index (χ0) is 17.0. The summed E-state index contributed by atoms with van der Waals surface area (Å²) in [5, 5.41) is 8.49. The standard InChI is InChI=1S/C23H37N/c1-2-3-7-20-9-13-22(14-10-20)17-18-23-15-11-21(12-16-23)8-5-4-6-19-24/h4-6,8,20-23H,2-3,7,9-18H2,1H3/b6-4+,8-5+/t20-,21-,22-,23-. The molecule has 134 valence electrons. The first-order valence-electron chi connectivity index (χ1n) is 10.5. The zero-order valence-corrected chi connectivity index (χ0v) is 15.8. The first-order valence-corrected chi connectivity index (χ1v) is 10.5. The molecule has 0 spiro atoms. The maximum absolute atomic E-state index is 8.49. The molecule has 0 N–H and O–H groups in total. The molecule has 0 heterocycles. The van der Waals surface area contributed by atoms with Crippen molar-refractivity contribution in [1.82, 2.24) is 0 Å². The Hall–Kier alpha value is -1.03. The molecule has 1 heteroatoms. The first-order chi connectivity index (χ1) is 11.8. The first kappa shape index (κ1) is 19.3. The van der Waals surface area contributed by atoms with Crippen molar-refractivity contribution >= 4 is 0 Å². The Morgan fingerprint density at radius 3 is 1.88 bits per heavy atom. The summed E-state index contributed by atoms with van der Waals surface area (Å²) in [6.07, 6.45) is 26.7. The van der Waals surface area contributed by atoms with Crippen LogP contribution in [0.1, 0.15) is 90.4 Å². The van der Waals surface area contributed by atoms with E-state index in [0.29, 0.717) is 0 Å². The Morgan fingerprint density at radius 2 is 1.33 bits per heavy atom. The summed E-state index contributed by atoms with van der Waals surface area (Å²) < 4.78 is 0. The minimum Gasteiger partial charge on any atom is -0.193 e. The van der Waals surface area contributed by atoms with E-state index in [1.54, 1.807) is 6.08 Å². The van der Waals surface area contributed by atoms with Crippen LogP contribution in [0.25, 0.3) is 0 Å². The molecule has 0 bridgehead atoms. The van der Waals surface area contributed by atoms with E-state index < -0.39 is 0 Å². The van der Waals surface area contributed by atoms with E-state index in [0.717, 1.165) is 23.7 Å². The molecule has 0 radical (unpaired) electrons. The molecule has 2 fully saturated rings. The fourth-order valence-electron chi connectivity index (χ4n) is 4.76. The Kier molecular flexibility index (Phi) is 9.26. The molecule has 0 aromatic rings. The van der Waals surface area contributed by atoms with Gasteiger partial charge in [0.25, 0.3) is 0 Å². The number of rotatable bonds is 8. The molecule has 1 nitrogen and oxygen atoms in total. The highest BCUT2D eigenvalue weighted by Gasteiger charge is 2.23. The molecule has 0 aliphatic heterocycles. The van der Waals surface area contributed by atoms with Crippen molar-refractivity contribution in [3.05, 3.63) is 24.3 Å². The van der Waals surface area contributed by atoms with Gasteiger partial charge in [0.15, 0.2) is 0 Å². The second kappa shape index (κ2) is 11.5. The maximum atomic E-state index is 8.49. The monoisotopic (exact) mass is 327 g/mol. The highest BCUT2D eigenvalue weighted by molar-refractivity contribution is 5.12. The third kappa shape index (κ3) is 7.25. The smallest absolute Gasteiger partial charge is 0.0912 e. The molecule has 0 atom stereocenters. The fraction of sp³-hybridized carbons (Fsp3) is 0.783. The lowest BCUT2D eigenvalue weighted by Gasteiger charge is -2.31. The maximum Gasteiger partial charge on any atom is 0.0912 e. The van der Waals surface area contributed by atoms with Gasteiger partial charge in [0.05, 0.1) is 6.07 Å². The van der Waals surface area contributed by atoms with Crippen molar-refractivity contribution in [2.24, 2.45) is 23.7 Å². The van der Waals surface area contributed by atoms with Gasteiger partial charge in [-0.15, -0.1) is 0 Å². The SMILES string of the molecule is CCCC[C@H]1CC[C@H](CC[C@H]2CC[C@H](/C=C/C=C/C#N)CC2)CC1. The van der Waals surface area contributed by atoms with Gasteiger partial charge < -0.3 is 0 Å². The van der Waals surface area contributed by atoms with Gasteiger partial charge in [0, 0.05) is 6.08 Å². The van der Waals surface area contributed by atoms with Gasteiger partial charge in [0.1, 0.15) is 0 Å². The number of hydrogen-bond acceptors (Lipinski definition) is 1. The largest absolute Gasteiger partial charge is 0.193 e. The molecule has 2 aliphatic carbocycles. The summed E-state index contributed by atoms with van der Waals surface area (Å²) in [7, 11) is 0. The van der Waals surface area contributed by atoms with Gasteiger partial charge in [-0.1, -0.05) is 82.9 Å². The molecular formula is C23H37N. The van der Waals surface area contributed by atoms with Crippen LogP contribution >= 0.6 is 0 Å². The summed E-state index contributed by atoms with van der Waals surface area (Å²) in [6.45, 7) is 2.32. The van der Waals surface area contributed by atoms with Gasteiger partial charge in [-0.25, -0.2) is 0 Å². The summed E-state index contributed by atoms with van der Waals surface area (Å²) in [6, 6.07) is 2.04. The van der Waals surface area contributed by atoms with Crippen LogP contribution in [0.5, 0.6) is 0 Å². The zero-order valence-electron chi connectivity index (χ0n) is 15.8. The van der Waals surface area contributed by atoms with Crippen molar-refractivity contribution < 1.29 is 0 Å². The van der Waals surface area contributed by atoms with Crippen molar-refractivity contribution in [3.8, 4) is 6.07 Å². The number of nitriles is 1. The summed E-state index contributed by atoms with van der Waals surface area (Å²) >= 11 is 0. The minimum absolute atomic E-state index is 0.749. The van der Waals surface area contributed by atoms with Crippen LogP contribution in [0.15, 0.2) is 24.3 Å². The highest BCUT2D eigenvalue weighted by Crippen LogP contribution is 2.37. The van der Waals surface area contributed by atoms with Crippen molar-refractivity contribution in [2.75, 3.05) is 0 Å². The summed E-state index contributed by atoms with van der Waals surface area (Å²) in [5.41, 5.74) is 0. The van der Waals surface area contributed by atoms with Crippen LogP contribution in [0, 0.1) is 35.0 Å². The Balaban J connectivity index is 1.56.